The number of rotatable bonds is 6. The van der Waals surface area contributed by atoms with Gasteiger partial charge in [-0.25, -0.2) is 4.98 Å². The van der Waals surface area contributed by atoms with E-state index in [0.717, 1.165) is 30.1 Å². The SMILES string of the molecule is Cc1cc(C)cc(OCCCn2c(C(C)C)nc3ccccc32)c1. The molecule has 1 heterocycles. The van der Waals surface area contributed by atoms with Crippen LogP contribution in [0.15, 0.2) is 42.5 Å². The predicted octanol–water partition coefficient (Wildman–Crippen LogP) is 5.25. The summed E-state index contributed by atoms with van der Waals surface area (Å²) in [6, 6.07) is 14.7. The maximum atomic E-state index is 5.94. The van der Waals surface area contributed by atoms with Crippen LogP contribution in [0, 0.1) is 13.8 Å². The van der Waals surface area contributed by atoms with E-state index in [2.05, 4.69) is 68.7 Å². The number of hydrogen-bond acceptors (Lipinski definition) is 2. The van der Waals surface area contributed by atoms with Gasteiger partial charge in [0.2, 0.25) is 0 Å². The normalized spacial score (nSPS) is 11.4. The van der Waals surface area contributed by atoms with Gasteiger partial charge in [-0.05, 0) is 55.7 Å². The molecule has 3 nitrogen and oxygen atoms in total. The van der Waals surface area contributed by atoms with Crippen molar-refractivity contribution in [1.82, 2.24) is 9.55 Å². The third kappa shape index (κ3) is 3.61. The van der Waals surface area contributed by atoms with Crippen LogP contribution in [0.1, 0.15) is 43.1 Å². The van der Waals surface area contributed by atoms with E-state index in [1.54, 1.807) is 0 Å². The summed E-state index contributed by atoms with van der Waals surface area (Å²) < 4.78 is 8.28. The second kappa shape index (κ2) is 7.08. The molecule has 0 aliphatic carbocycles. The number of hydrogen-bond donors (Lipinski definition) is 0. The lowest BCUT2D eigenvalue weighted by atomic mass is 10.1. The van der Waals surface area contributed by atoms with Crippen LogP contribution in [0.5, 0.6) is 5.75 Å². The molecule has 0 N–H and O–H groups in total. The lowest BCUT2D eigenvalue weighted by Crippen LogP contribution is -2.09. The van der Waals surface area contributed by atoms with E-state index >= 15 is 0 Å². The third-order valence-electron chi connectivity index (χ3n) is 4.19. The summed E-state index contributed by atoms with van der Waals surface area (Å²) in [4.78, 5) is 4.79. The molecule has 1 aromatic heterocycles. The van der Waals surface area contributed by atoms with E-state index in [1.165, 1.54) is 16.6 Å². The van der Waals surface area contributed by atoms with Gasteiger partial charge < -0.3 is 9.30 Å². The Kier molecular flexibility index (Phi) is 4.89. The number of ether oxygens (including phenoxy) is 1. The number of aryl methyl sites for hydroxylation is 3. The fourth-order valence-electron chi connectivity index (χ4n) is 3.20. The van der Waals surface area contributed by atoms with Crippen LogP contribution in [-0.2, 0) is 6.54 Å². The lowest BCUT2D eigenvalue weighted by Gasteiger charge is -2.12. The topological polar surface area (TPSA) is 27.1 Å². The molecule has 3 aromatic rings. The monoisotopic (exact) mass is 322 g/mol. The number of fused-ring (bicyclic) bond motifs is 1. The Bertz CT molecular complexity index is 813. The van der Waals surface area contributed by atoms with Crippen molar-refractivity contribution in [3.8, 4) is 5.75 Å². The van der Waals surface area contributed by atoms with Crippen LogP contribution in [0.3, 0.4) is 0 Å². The molecule has 0 radical (unpaired) electrons. The largest absolute Gasteiger partial charge is 0.494 e. The summed E-state index contributed by atoms with van der Waals surface area (Å²) in [6.07, 6.45) is 0.965. The number of imidazole rings is 1. The highest BCUT2D eigenvalue weighted by Gasteiger charge is 2.12. The number of nitrogens with zero attached hydrogens (tertiary/aromatic N) is 2. The molecule has 0 amide bonds. The Hall–Kier alpha value is -2.29. The smallest absolute Gasteiger partial charge is 0.119 e. The first-order valence-electron chi connectivity index (χ1n) is 8.71. The van der Waals surface area contributed by atoms with Gasteiger partial charge in [-0.15, -0.1) is 0 Å². The van der Waals surface area contributed by atoms with Crippen molar-refractivity contribution in [3.63, 3.8) is 0 Å². The van der Waals surface area contributed by atoms with Crippen molar-refractivity contribution in [1.29, 1.82) is 0 Å². The summed E-state index contributed by atoms with van der Waals surface area (Å²) in [5.74, 6) is 2.53. The van der Waals surface area contributed by atoms with Crippen LogP contribution < -0.4 is 4.74 Å². The zero-order valence-corrected chi connectivity index (χ0v) is 15.0. The van der Waals surface area contributed by atoms with Crippen molar-refractivity contribution in [3.05, 3.63) is 59.4 Å². The van der Waals surface area contributed by atoms with Crippen LogP contribution in [0.25, 0.3) is 11.0 Å². The first kappa shape index (κ1) is 16.6. The third-order valence-corrected chi connectivity index (χ3v) is 4.19. The molecule has 0 fully saturated rings. The average Bonchev–Trinajstić information content (AvgIpc) is 2.90. The molecule has 0 aliphatic heterocycles. The molecular weight excluding hydrogens is 296 g/mol. The Morgan fingerprint density at radius 3 is 2.46 bits per heavy atom. The fraction of sp³-hybridized carbons (Fsp3) is 0.381. The Morgan fingerprint density at radius 2 is 1.75 bits per heavy atom. The van der Waals surface area contributed by atoms with E-state index in [1.807, 2.05) is 6.07 Å². The van der Waals surface area contributed by atoms with Crippen molar-refractivity contribution < 1.29 is 4.74 Å². The number of para-hydroxylation sites is 2. The van der Waals surface area contributed by atoms with Gasteiger partial charge in [0, 0.05) is 12.5 Å². The van der Waals surface area contributed by atoms with E-state index < -0.39 is 0 Å². The van der Waals surface area contributed by atoms with Gasteiger partial charge in [0.25, 0.3) is 0 Å². The number of benzene rings is 2. The minimum atomic E-state index is 0.415. The van der Waals surface area contributed by atoms with Gasteiger partial charge in [0.1, 0.15) is 11.6 Å². The second-order valence-corrected chi connectivity index (χ2v) is 6.79. The van der Waals surface area contributed by atoms with Crippen molar-refractivity contribution in [2.45, 2.75) is 46.6 Å². The molecule has 2 aromatic carbocycles. The zero-order chi connectivity index (χ0) is 17.1. The van der Waals surface area contributed by atoms with Gasteiger partial charge in [-0.3, -0.25) is 0 Å². The molecule has 3 heteroatoms. The average molecular weight is 322 g/mol. The number of aromatic nitrogens is 2. The van der Waals surface area contributed by atoms with E-state index in [9.17, 15) is 0 Å². The fourth-order valence-corrected chi connectivity index (χ4v) is 3.20. The summed E-state index contributed by atoms with van der Waals surface area (Å²) >= 11 is 0. The molecule has 0 atom stereocenters. The molecule has 0 spiro atoms. The molecule has 126 valence electrons. The second-order valence-electron chi connectivity index (χ2n) is 6.79. The van der Waals surface area contributed by atoms with Crippen LogP contribution in [-0.4, -0.2) is 16.2 Å². The van der Waals surface area contributed by atoms with Crippen molar-refractivity contribution in [2.24, 2.45) is 0 Å². The predicted molar refractivity (Wildman–Crippen MR) is 99.9 cm³/mol. The first-order chi connectivity index (χ1) is 11.5. The zero-order valence-electron chi connectivity index (χ0n) is 15.0. The van der Waals surface area contributed by atoms with Crippen LogP contribution >= 0.6 is 0 Å². The first-order valence-corrected chi connectivity index (χ1v) is 8.71. The summed E-state index contributed by atoms with van der Waals surface area (Å²) in [5.41, 5.74) is 4.78. The molecule has 3 rings (SSSR count). The summed E-state index contributed by atoms with van der Waals surface area (Å²) in [5, 5.41) is 0. The molecule has 0 unspecified atom stereocenters. The van der Waals surface area contributed by atoms with Crippen LogP contribution in [0.4, 0.5) is 0 Å². The highest BCUT2D eigenvalue weighted by Crippen LogP contribution is 2.22. The Balaban J connectivity index is 1.68. The maximum absolute atomic E-state index is 5.94. The van der Waals surface area contributed by atoms with Crippen LogP contribution in [0.2, 0.25) is 0 Å². The minimum Gasteiger partial charge on any atom is -0.494 e. The maximum Gasteiger partial charge on any atom is 0.119 e. The van der Waals surface area contributed by atoms with Gasteiger partial charge in [0.15, 0.2) is 0 Å². The molecular formula is C21H26N2O. The standard InChI is InChI=1S/C21H26N2O/c1-15(2)21-22-19-8-5-6-9-20(19)23(21)10-7-11-24-18-13-16(3)12-17(4)14-18/h5-6,8-9,12-15H,7,10-11H2,1-4H3. The molecule has 0 aliphatic rings. The molecule has 0 bridgehead atoms. The summed E-state index contributed by atoms with van der Waals surface area (Å²) in [7, 11) is 0. The van der Waals surface area contributed by atoms with E-state index in [-0.39, 0.29) is 0 Å². The summed E-state index contributed by atoms with van der Waals surface area (Å²) in [6.45, 7) is 10.2. The van der Waals surface area contributed by atoms with Gasteiger partial charge in [0.05, 0.1) is 17.6 Å². The molecule has 24 heavy (non-hydrogen) atoms. The van der Waals surface area contributed by atoms with Gasteiger partial charge >= 0.3 is 0 Å². The minimum absolute atomic E-state index is 0.415. The molecule has 0 saturated heterocycles. The highest BCUT2D eigenvalue weighted by atomic mass is 16.5. The van der Waals surface area contributed by atoms with Gasteiger partial charge in [-0.2, -0.15) is 0 Å². The lowest BCUT2D eigenvalue weighted by molar-refractivity contribution is 0.301. The van der Waals surface area contributed by atoms with Gasteiger partial charge in [-0.1, -0.05) is 32.0 Å². The van der Waals surface area contributed by atoms with E-state index in [4.69, 9.17) is 9.72 Å². The quantitative estimate of drug-likeness (QED) is 0.580. The Morgan fingerprint density at radius 1 is 1.04 bits per heavy atom. The molecule has 0 saturated carbocycles. The van der Waals surface area contributed by atoms with Crippen molar-refractivity contribution >= 4 is 11.0 Å². The Labute approximate surface area is 144 Å². The highest BCUT2D eigenvalue weighted by molar-refractivity contribution is 5.76. The van der Waals surface area contributed by atoms with Crippen molar-refractivity contribution in [2.75, 3.05) is 6.61 Å². The van der Waals surface area contributed by atoms with E-state index in [0.29, 0.717) is 12.5 Å².